The molecule has 1 aliphatic heterocycles. The average Bonchev–Trinajstić information content (AvgIpc) is 3.33. The van der Waals surface area contributed by atoms with E-state index in [0.29, 0.717) is 17.3 Å². The van der Waals surface area contributed by atoms with Gasteiger partial charge in [0.2, 0.25) is 11.8 Å². The third-order valence-corrected chi connectivity index (χ3v) is 7.57. The molecule has 0 spiro atoms. The molecule has 0 aromatic carbocycles. The van der Waals surface area contributed by atoms with Gasteiger partial charge in [-0.3, -0.25) is 19.3 Å². The first kappa shape index (κ1) is 21.3. The van der Waals surface area contributed by atoms with Gasteiger partial charge in [-0.15, -0.1) is 11.3 Å². The molecule has 2 aliphatic carbocycles. The number of thiophene rings is 1. The molecular weight excluding hydrogens is 400 g/mol. The van der Waals surface area contributed by atoms with Crippen molar-refractivity contribution in [1.82, 2.24) is 15.1 Å². The molecule has 164 valence electrons. The Bertz CT molecular complexity index is 790. The summed E-state index contributed by atoms with van der Waals surface area (Å²) in [5, 5.41) is 6.67. The van der Waals surface area contributed by atoms with Crippen LogP contribution in [0.15, 0.2) is 6.07 Å². The molecule has 3 aliphatic rings. The fourth-order valence-electron chi connectivity index (χ4n) is 4.37. The Morgan fingerprint density at radius 1 is 1.03 bits per heavy atom. The standard InChI is InChI=1S/C22H32N4O3S/c1-15-14-18(24-20(27)16-6-7-16)30-19(15)21(28)23-8-9-25-10-12-26(13-11-25)22(29)17-4-2-3-5-17/h14,16-17H,2-13H2,1H3,(H,23,28)(H,24,27). The van der Waals surface area contributed by atoms with Crippen molar-refractivity contribution in [3.63, 3.8) is 0 Å². The quantitative estimate of drug-likeness (QED) is 0.694. The number of rotatable bonds is 7. The van der Waals surface area contributed by atoms with Gasteiger partial charge in [0.1, 0.15) is 0 Å². The van der Waals surface area contributed by atoms with Gasteiger partial charge in [-0.2, -0.15) is 0 Å². The van der Waals surface area contributed by atoms with E-state index >= 15 is 0 Å². The Hall–Kier alpha value is -1.93. The van der Waals surface area contributed by atoms with Gasteiger partial charge in [0.15, 0.2) is 0 Å². The Labute approximate surface area is 182 Å². The summed E-state index contributed by atoms with van der Waals surface area (Å²) >= 11 is 1.34. The minimum Gasteiger partial charge on any atom is -0.350 e. The number of amides is 3. The zero-order valence-corrected chi connectivity index (χ0v) is 18.6. The van der Waals surface area contributed by atoms with E-state index in [1.165, 1.54) is 24.2 Å². The van der Waals surface area contributed by atoms with Gasteiger partial charge in [0.25, 0.3) is 5.91 Å². The van der Waals surface area contributed by atoms with Crippen LogP contribution >= 0.6 is 11.3 Å². The molecule has 0 atom stereocenters. The van der Waals surface area contributed by atoms with E-state index < -0.39 is 0 Å². The lowest BCUT2D eigenvalue weighted by Gasteiger charge is -2.36. The average molecular weight is 433 g/mol. The van der Waals surface area contributed by atoms with E-state index in [-0.39, 0.29) is 23.7 Å². The first-order chi connectivity index (χ1) is 14.5. The van der Waals surface area contributed by atoms with Crippen molar-refractivity contribution in [2.45, 2.75) is 45.4 Å². The fourth-order valence-corrected chi connectivity index (χ4v) is 5.36. The summed E-state index contributed by atoms with van der Waals surface area (Å²) in [4.78, 5) is 42.0. The van der Waals surface area contributed by atoms with Gasteiger partial charge >= 0.3 is 0 Å². The van der Waals surface area contributed by atoms with E-state index in [9.17, 15) is 14.4 Å². The summed E-state index contributed by atoms with van der Waals surface area (Å²) in [7, 11) is 0. The van der Waals surface area contributed by atoms with Crippen molar-refractivity contribution in [1.29, 1.82) is 0 Å². The fraction of sp³-hybridized carbons (Fsp3) is 0.682. The number of carbonyl (C=O) groups excluding carboxylic acids is 3. The lowest BCUT2D eigenvalue weighted by atomic mass is 10.1. The number of piperazine rings is 1. The summed E-state index contributed by atoms with van der Waals surface area (Å²) in [6.45, 7) is 6.57. The molecule has 1 aromatic heterocycles. The Balaban J connectivity index is 1.17. The number of aryl methyl sites for hydroxylation is 1. The summed E-state index contributed by atoms with van der Waals surface area (Å²) in [5.41, 5.74) is 0.891. The molecule has 2 saturated carbocycles. The highest BCUT2D eigenvalue weighted by Gasteiger charge is 2.31. The highest BCUT2D eigenvalue weighted by atomic mass is 32.1. The Kier molecular flexibility index (Phi) is 6.73. The van der Waals surface area contributed by atoms with Crippen LogP contribution in [0.3, 0.4) is 0 Å². The summed E-state index contributed by atoms with van der Waals surface area (Å²) in [6, 6.07) is 1.88. The van der Waals surface area contributed by atoms with E-state index in [1.54, 1.807) is 0 Å². The molecule has 3 fully saturated rings. The van der Waals surface area contributed by atoms with Crippen LogP contribution in [0, 0.1) is 18.8 Å². The zero-order chi connectivity index (χ0) is 21.1. The first-order valence-electron chi connectivity index (χ1n) is 11.2. The van der Waals surface area contributed by atoms with Crippen molar-refractivity contribution < 1.29 is 14.4 Å². The highest BCUT2D eigenvalue weighted by Crippen LogP contribution is 2.32. The van der Waals surface area contributed by atoms with Gasteiger partial charge in [-0.25, -0.2) is 0 Å². The molecular formula is C22H32N4O3S. The van der Waals surface area contributed by atoms with Crippen molar-refractivity contribution >= 4 is 34.1 Å². The maximum atomic E-state index is 12.6. The van der Waals surface area contributed by atoms with Crippen LogP contribution in [0.5, 0.6) is 0 Å². The third-order valence-electron chi connectivity index (χ3n) is 6.42. The molecule has 7 nitrogen and oxygen atoms in total. The Morgan fingerprint density at radius 2 is 1.73 bits per heavy atom. The number of hydrogen-bond acceptors (Lipinski definition) is 5. The molecule has 4 rings (SSSR count). The first-order valence-corrected chi connectivity index (χ1v) is 12.0. The lowest BCUT2D eigenvalue weighted by Crippen LogP contribution is -2.51. The summed E-state index contributed by atoms with van der Waals surface area (Å²) < 4.78 is 0. The smallest absolute Gasteiger partial charge is 0.261 e. The van der Waals surface area contributed by atoms with Crippen molar-refractivity contribution in [2.75, 3.05) is 44.6 Å². The van der Waals surface area contributed by atoms with Crippen LogP contribution < -0.4 is 10.6 Å². The number of hydrogen-bond donors (Lipinski definition) is 2. The predicted octanol–water partition coefficient (Wildman–Crippen LogP) is 2.47. The van der Waals surface area contributed by atoms with E-state index in [0.717, 1.165) is 69.0 Å². The van der Waals surface area contributed by atoms with E-state index in [4.69, 9.17) is 0 Å². The number of nitrogens with one attached hydrogen (secondary N) is 2. The molecule has 1 saturated heterocycles. The number of carbonyl (C=O) groups is 3. The van der Waals surface area contributed by atoms with Crippen molar-refractivity contribution in [2.24, 2.45) is 11.8 Å². The molecule has 30 heavy (non-hydrogen) atoms. The maximum Gasteiger partial charge on any atom is 0.261 e. The van der Waals surface area contributed by atoms with Gasteiger partial charge in [0, 0.05) is 51.1 Å². The topological polar surface area (TPSA) is 81.8 Å². The summed E-state index contributed by atoms with van der Waals surface area (Å²) in [5.74, 6) is 0.730. The number of nitrogens with zero attached hydrogens (tertiary/aromatic N) is 2. The van der Waals surface area contributed by atoms with Crippen LogP contribution in [0.2, 0.25) is 0 Å². The van der Waals surface area contributed by atoms with Crippen LogP contribution in [0.25, 0.3) is 0 Å². The zero-order valence-electron chi connectivity index (χ0n) is 17.7. The van der Waals surface area contributed by atoms with Gasteiger partial charge < -0.3 is 15.5 Å². The molecule has 2 heterocycles. The largest absolute Gasteiger partial charge is 0.350 e. The van der Waals surface area contributed by atoms with Crippen LogP contribution in [-0.2, 0) is 9.59 Å². The van der Waals surface area contributed by atoms with E-state index in [2.05, 4.69) is 15.5 Å². The monoisotopic (exact) mass is 432 g/mol. The van der Waals surface area contributed by atoms with Crippen LogP contribution in [-0.4, -0.2) is 66.8 Å². The second-order valence-corrected chi connectivity index (χ2v) is 9.84. The molecule has 0 radical (unpaired) electrons. The molecule has 0 unspecified atom stereocenters. The lowest BCUT2D eigenvalue weighted by molar-refractivity contribution is -0.137. The second kappa shape index (κ2) is 9.47. The molecule has 0 bridgehead atoms. The van der Waals surface area contributed by atoms with Gasteiger partial charge in [0.05, 0.1) is 9.88 Å². The Morgan fingerprint density at radius 3 is 2.40 bits per heavy atom. The summed E-state index contributed by atoms with van der Waals surface area (Å²) in [6.07, 6.45) is 6.42. The van der Waals surface area contributed by atoms with Crippen molar-refractivity contribution in [3.8, 4) is 0 Å². The predicted molar refractivity (Wildman–Crippen MR) is 118 cm³/mol. The normalized spacial score (nSPS) is 20.4. The van der Waals surface area contributed by atoms with Crippen molar-refractivity contribution in [3.05, 3.63) is 16.5 Å². The minimum absolute atomic E-state index is 0.0637. The van der Waals surface area contributed by atoms with Crippen LogP contribution in [0.4, 0.5) is 5.00 Å². The molecule has 1 aromatic rings. The SMILES string of the molecule is Cc1cc(NC(=O)C2CC2)sc1C(=O)NCCN1CCN(C(=O)C2CCCC2)CC1. The maximum absolute atomic E-state index is 12.6. The third kappa shape index (κ3) is 5.21. The molecule has 8 heteroatoms. The second-order valence-electron chi connectivity index (χ2n) is 8.79. The van der Waals surface area contributed by atoms with Gasteiger partial charge in [-0.05, 0) is 44.2 Å². The molecule has 2 N–H and O–H groups in total. The molecule has 3 amide bonds. The van der Waals surface area contributed by atoms with Gasteiger partial charge in [-0.1, -0.05) is 12.8 Å². The minimum atomic E-state index is -0.0838. The van der Waals surface area contributed by atoms with Crippen LogP contribution in [0.1, 0.15) is 53.8 Å². The number of anilines is 1. The highest BCUT2D eigenvalue weighted by molar-refractivity contribution is 7.18. The van der Waals surface area contributed by atoms with E-state index in [1.807, 2.05) is 17.9 Å².